The molecular weight excluding hydrogens is 248 g/mol. The Morgan fingerprint density at radius 2 is 2.06 bits per heavy atom. The summed E-state index contributed by atoms with van der Waals surface area (Å²) in [4.78, 5) is 12.2. The van der Waals surface area contributed by atoms with E-state index >= 15 is 0 Å². The van der Waals surface area contributed by atoms with Crippen LogP contribution < -0.4 is 4.74 Å². The molecule has 2 nitrogen and oxygen atoms in total. The number of hydrogen-bond donors (Lipinski definition) is 0. The third-order valence-corrected chi connectivity index (χ3v) is 2.97. The average Bonchev–Trinajstić information content (AvgIpc) is 2.34. The first kappa shape index (κ1) is 15.0. The summed E-state index contributed by atoms with van der Waals surface area (Å²) in [7, 11) is 0. The van der Waals surface area contributed by atoms with Crippen LogP contribution in [0.15, 0.2) is 12.1 Å². The number of Topliss-reactive ketones (excluding diaryl/α,β-unsaturated/α-hetero) is 1. The Balaban J connectivity index is 3.02. The van der Waals surface area contributed by atoms with Gasteiger partial charge in [-0.3, -0.25) is 4.79 Å². The maximum absolute atomic E-state index is 12.2. The van der Waals surface area contributed by atoms with Crippen LogP contribution >= 0.6 is 11.6 Å². The van der Waals surface area contributed by atoms with Crippen molar-refractivity contribution in [1.82, 2.24) is 0 Å². The summed E-state index contributed by atoms with van der Waals surface area (Å²) in [5.41, 5.74) is 2.81. The van der Waals surface area contributed by atoms with E-state index in [-0.39, 0.29) is 5.78 Å². The van der Waals surface area contributed by atoms with Crippen molar-refractivity contribution in [3.8, 4) is 5.75 Å². The van der Waals surface area contributed by atoms with Gasteiger partial charge in [0, 0.05) is 12.3 Å². The van der Waals surface area contributed by atoms with Gasteiger partial charge in [0.1, 0.15) is 5.75 Å². The van der Waals surface area contributed by atoms with E-state index in [1.54, 1.807) is 0 Å². The van der Waals surface area contributed by atoms with Crippen molar-refractivity contribution in [3.05, 3.63) is 28.8 Å². The summed E-state index contributed by atoms with van der Waals surface area (Å²) in [6.45, 7) is 6.67. The van der Waals surface area contributed by atoms with E-state index in [2.05, 4.69) is 6.92 Å². The average molecular weight is 269 g/mol. The van der Waals surface area contributed by atoms with Crippen molar-refractivity contribution in [2.45, 2.75) is 40.0 Å². The van der Waals surface area contributed by atoms with Crippen LogP contribution in [0.5, 0.6) is 5.75 Å². The smallest absolute Gasteiger partial charge is 0.166 e. The fraction of sp³-hybridized carbons (Fsp3) is 0.533. The monoisotopic (exact) mass is 268 g/mol. The second-order valence-corrected chi connectivity index (χ2v) is 4.90. The van der Waals surface area contributed by atoms with Gasteiger partial charge in [-0.05, 0) is 43.9 Å². The molecule has 0 bridgehead atoms. The molecule has 0 spiro atoms. The van der Waals surface area contributed by atoms with Crippen LogP contribution in [-0.4, -0.2) is 18.3 Å². The summed E-state index contributed by atoms with van der Waals surface area (Å²) in [6.07, 6.45) is 2.12. The van der Waals surface area contributed by atoms with Gasteiger partial charge in [-0.15, -0.1) is 11.6 Å². The minimum absolute atomic E-state index is 0.119. The van der Waals surface area contributed by atoms with Gasteiger partial charge in [0.15, 0.2) is 5.78 Å². The molecule has 0 saturated carbocycles. The number of ether oxygens (including phenoxy) is 1. The van der Waals surface area contributed by atoms with Gasteiger partial charge in [0.2, 0.25) is 0 Å². The van der Waals surface area contributed by atoms with Gasteiger partial charge < -0.3 is 4.74 Å². The molecule has 0 saturated heterocycles. The standard InChI is InChI=1S/C15H21ClO2/c1-4-8-18-15-12(3)9-11(2)10-13(15)14(17)6-5-7-16/h9-10H,4-8H2,1-3H3. The lowest BCUT2D eigenvalue weighted by Crippen LogP contribution is -2.07. The first-order valence-electron chi connectivity index (χ1n) is 6.43. The number of ketones is 1. The molecular formula is C15H21ClO2. The molecule has 1 aromatic carbocycles. The van der Waals surface area contributed by atoms with E-state index in [1.807, 2.05) is 26.0 Å². The Morgan fingerprint density at radius 1 is 1.33 bits per heavy atom. The van der Waals surface area contributed by atoms with E-state index in [9.17, 15) is 4.79 Å². The van der Waals surface area contributed by atoms with Crippen molar-refractivity contribution in [1.29, 1.82) is 0 Å². The molecule has 1 aromatic rings. The highest BCUT2D eigenvalue weighted by atomic mass is 35.5. The lowest BCUT2D eigenvalue weighted by molar-refractivity contribution is 0.0977. The highest BCUT2D eigenvalue weighted by Crippen LogP contribution is 2.27. The molecule has 0 aliphatic heterocycles. The normalized spacial score (nSPS) is 10.4. The van der Waals surface area contributed by atoms with E-state index in [0.29, 0.717) is 30.9 Å². The van der Waals surface area contributed by atoms with Crippen molar-refractivity contribution < 1.29 is 9.53 Å². The van der Waals surface area contributed by atoms with Crippen LogP contribution in [-0.2, 0) is 0 Å². The van der Waals surface area contributed by atoms with Crippen LogP contribution in [0.1, 0.15) is 47.7 Å². The molecule has 1 rings (SSSR count). The molecule has 0 aliphatic rings. The zero-order valence-corrected chi connectivity index (χ0v) is 12.1. The van der Waals surface area contributed by atoms with Gasteiger partial charge in [-0.1, -0.05) is 13.0 Å². The maximum Gasteiger partial charge on any atom is 0.166 e. The van der Waals surface area contributed by atoms with Crippen molar-refractivity contribution >= 4 is 17.4 Å². The van der Waals surface area contributed by atoms with Crippen LogP contribution in [0.2, 0.25) is 0 Å². The predicted octanol–water partition coefficient (Wildman–Crippen LogP) is 4.29. The summed E-state index contributed by atoms with van der Waals surface area (Å²) in [5.74, 6) is 1.37. The highest BCUT2D eigenvalue weighted by Gasteiger charge is 2.15. The fourth-order valence-electron chi connectivity index (χ4n) is 1.92. The Hall–Kier alpha value is -1.02. The molecule has 18 heavy (non-hydrogen) atoms. The molecule has 0 atom stereocenters. The van der Waals surface area contributed by atoms with Gasteiger partial charge in [0.25, 0.3) is 0 Å². The van der Waals surface area contributed by atoms with Gasteiger partial charge in [-0.2, -0.15) is 0 Å². The van der Waals surface area contributed by atoms with Crippen molar-refractivity contribution in [2.75, 3.05) is 12.5 Å². The summed E-state index contributed by atoms with van der Waals surface area (Å²) >= 11 is 5.64. The molecule has 0 aliphatic carbocycles. The molecule has 0 unspecified atom stereocenters. The zero-order chi connectivity index (χ0) is 13.5. The SMILES string of the molecule is CCCOc1c(C)cc(C)cc1C(=O)CCCCl. The second kappa shape index (κ2) is 7.42. The van der Waals surface area contributed by atoms with Crippen molar-refractivity contribution in [3.63, 3.8) is 0 Å². The van der Waals surface area contributed by atoms with Gasteiger partial charge in [0.05, 0.1) is 12.2 Å². The summed E-state index contributed by atoms with van der Waals surface area (Å²) in [6, 6.07) is 3.96. The quantitative estimate of drug-likeness (QED) is 0.545. The molecule has 100 valence electrons. The van der Waals surface area contributed by atoms with Crippen LogP contribution in [0, 0.1) is 13.8 Å². The van der Waals surface area contributed by atoms with E-state index in [1.165, 1.54) is 0 Å². The molecule has 0 aromatic heterocycles. The fourth-order valence-corrected chi connectivity index (χ4v) is 2.05. The largest absolute Gasteiger partial charge is 0.493 e. The number of hydrogen-bond acceptors (Lipinski definition) is 2. The predicted molar refractivity (Wildman–Crippen MR) is 76.0 cm³/mol. The first-order chi connectivity index (χ1) is 8.60. The topological polar surface area (TPSA) is 26.3 Å². The number of halogens is 1. The lowest BCUT2D eigenvalue weighted by Gasteiger charge is -2.14. The minimum Gasteiger partial charge on any atom is -0.493 e. The van der Waals surface area contributed by atoms with Gasteiger partial charge >= 0.3 is 0 Å². The number of benzene rings is 1. The molecule has 0 radical (unpaired) electrons. The Labute approximate surface area is 114 Å². The zero-order valence-electron chi connectivity index (χ0n) is 11.4. The van der Waals surface area contributed by atoms with Gasteiger partial charge in [-0.25, -0.2) is 0 Å². The van der Waals surface area contributed by atoms with Crippen molar-refractivity contribution in [2.24, 2.45) is 0 Å². The third kappa shape index (κ3) is 4.02. The number of alkyl halides is 1. The maximum atomic E-state index is 12.2. The van der Waals surface area contributed by atoms with E-state index in [0.717, 1.165) is 23.3 Å². The van der Waals surface area contributed by atoms with E-state index < -0.39 is 0 Å². The lowest BCUT2D eigenvalue weighted by atomic mass is 10.00. The number of rotatable bonds is 7. The van der Waals surface area contributed by atoms with Crippen LogP contribution in [0.4, 0.5) is 0 Å². The number of carbonyl (C=O) groups is 1. The minimum atomic E-state index is 0.119. The van der Waals surface area contributed by atoms with Crippen LogP contribution in [0.3, 0.4) is 0 Å². The Bertz CT molecular complexity index is 413. The highest BCUT2D eigenvalue weighted by molar-refractivity contribution is 6.18. The molecule has 0 N–H and O–H groups in total. The van der Waals surface area contributed by atoms with Crippen LogP contribution in [0.25, 0.3) is 0 Å². The Morgan fingerprint density at radius 3 is 2.67 bits per heavy atom. The summed E-state index contributed by atoms with van der Waals surface area (Å²) < 4.78 is 5.72. The summed E-state index contributed by atoms with van der Waals surface area (Å²) in [5, 5.41) is 0. The molecule has 0 amide bonds. The third-order valence-electron chi connectivity index (χ3n) is 2.71. The molecule has 3 heteroatoms. The molecule has 0 fully saturated rings. The first-order valence-corrected chi connectivity index (χ1v) is 6.96. The second-order valence-electron chi connectivity index (χ2n) is 4.52. The molecule has 0 heterocycles. The Kier molecular flexibility index (Phi) is 6.20. The number of aryl methyl sites for hydroxylation is 2. The number of carbonyl (C=O) groups excluding carboxylic acids is 1. The van der Waals surface area contributed by atoms with E-state index in [4.69, 9.17) is 16.3 Å².